The Bertz CT molecular complexity index is 790. The van der Waals surface area contributed by atoms with Gasteiger partial charge in [-0.1, -0.05) is 36.4 Å². The number of hydrazine groups is 1. The van der Waals surface area contributed by atoms with E-state index in [0.717, 1.165) is 44.0 Å². The Kier molecular flexibility index (Phi) is 7.22. The maximum atomic E-state index is 12.1. The van der Waals surface area contributed by atoms with Crippen LogP contribution in [0.25, 0.3) is 0 Å². The van der Waals surface area contributed by atoms with Gasteiger partial charge in [-0.2, -0.15) is 0 Å². The summed E-state index contributed by atoms with van der Waals surface area (Å²) in [6, 6.07) is 18.3. The fraction of sp³-hybridized carbons (Fsp3) is 0.333. The number of hydrogen-bond donors (Lipinski definition) is 3. The highest BCUT2D eigenvalue weighted by Gasteiger charge is 2.17. The highest BCUT2D eigenvalue weighted by atomic mass is 32.1. The van der Waals surface area contributed by atoms with E-state index >= 15 is 0 Å². The molecule has 0 unspecified atom stereocenters. The average Bonchev–Trinajstić information content (AvgIpc) is 2.73. The molecule has 7 heteroatoms. The molecule has 1 aliphatic heterocycles. The molecule has 148 valence electrons. The number of nitrogens with zero attached hydrogens (tertiary/aromatic N) is 2. The van der Waals surface area contributed by atoms with E-state index in [0.29, 0.717) is 11.5 Å². The predicted molar refractivity (Wildman–Crippen MR) is 118 cm³/mol. The van der Waals surface area contributed by atoms with E-state index < -0.39 is 0 Å². The van der Waals surface area contributed by atoms with Gasteiger partial charge in [0.15, 0.2) is 5.11 Å². The third-order valence-corrected chi connectivity index (χ3v) is 5.06. The Morgan fingerprint density at radius 1 is 0.964 bits per heavy atom. The molecule has 1 heterocycles. The molecule has 2 aromatic rings. The fourth-order valence-electron chi connectivity index (χ4n) is 3.18. The second-order valence-corrected chi connectivity index (χ2v) is 7.26. The standard InChI is InChI=1S/C21H27N5OS/c1-17-7-5-6-10-19(17)22-21(28)24-23-20(27)11-12-25-13-15-26(16-14-25)18-8-3-2-4-9-18/h2-10H,11-16H2,1H3,(H,23,27)(H2,22,24,28). The second-order valence-electron chi connectivity index (χ2n) is 6.86. The first-order valence-electron chi connectivity index (χ1n) is 9.55. The number of hydrogen-bond acceptors (Lipinski definition) is 4. The number of thiocarbonyl (C=S) groups is 1. The molecular formula is C21H27N5OS. The third-order valence-electron chi connectivity index (χ3n) is 4.86. The van der Waals surface area contributed by atoms with Gasteiger partial charge in [0.1, 0.15) is 0 Å². The Labute approximate surface area is 171 Å². The highest BCUT2D eigenvalue weighted by molar-refractivity contribution is 7.80. The summed E-state index contributed by atoms with van der Waals surface area (Å²) in [6.45, 7) is 6.63. The number of aryl methyl sites for hydroxylation is 1. The van der Waals surface area contributed by atoms with Gasteiger partial charge in [-0.3, -0.25) is 20.5 Å². The van der Waals surface area contributed by atoms with E-state index in [1.54, 1.807) is 0 Å². The van der Waals surface area contributed by atoms with Crippen LogP contribution in [-0.2, 0) is 4.79 Å². The van der Waals surface area contributed by atoms with Crippen LogP contribution in [-0.4, -0.2) is 48.6 Å². The SMILES string of the molecule is Cc1ccccc1NC(=S)NNC(=O)CCN1CCN(c2ccccc2)CC1. The zero-order valence-corrected chi connectivity index (χ0v) is 17.0. The molecule has 0 aromatic heterocycles. The quantitative estimate of drug-likeness (QED) is 0.532. The van der Waals surface area contributed by atoms with Crippen molar-refractivity contribution in [1.82, 2.24) is 15.8 Å². The van der Waals surface area contributed by atoms with Crippen molar-refractivity contribution in [1.29, 1.82) is 0 Å². The van der Waals surface area contributed by atoms with Crippen LogP contribution >= 0.6 is 12.2 Å². The maximum Gasteiger partial charge on any atom is 0.239 e. The van der Waals surface area contributed by atoms with Crippen LogP contribution in [0.4, 0.5) is 11.4 Å². The topological polar surface area (TPSA) is 59.6 Å². The lowest BCUT2D eigenvalue weighted by atomic mass is 10.2. The third kappa shape index (κ3) is 5.94. The molecule has 0 atom stereocenters. The Hall–Kier alpha value is -2.64. The van der Waals surface area contributed by atoms with Crippen LogP contribution < -0.4 is 21.1 Å². The summed E-state index contributed by atoms with van der Waals surface area (Å²) >= 11 is 5.23. The molecule has 0 bridgehead atoms. The molecule has 1 amide bonds. The largest absolute Gasteiger partial charge is 0.369 e. The van der Waals surface area contributed by atoms with Crippen molar-refractivity contribution < 1.29 is 4.79 Å². The van der Waals surface area contributed by atoms with E-state index in [-0.39, 0.29) is 5.91 Å². The lowest BCUT2D eigenvalue weighted by molar-refractivity contribution is -0.122. The number of anilines is 2. The van der Waals surface area contributed by atoms with Crippen LogP contribution in [0.1, 0.15) is 12.0 Å². The summed E-state index contributed by atoms with van der Waals surface area (Å²) in [5.41, 5.74) is 8.71. The summed E-state index contributed by atoms with van der Waals surface area (Å²) in [4.78, 5) is 16.8. The molecular weight excluding hydrogens is 370 g/mol. The molecule has 1 fully saturated rings. The number of para-hydroxylation sites is 2. The zero-order valence-electron chi connectivity index (χ0n) is 16.1. The average molecular weight is 398 g/mol. The minimum Gasteiger partial charge on any atom is -0.369 e. The number of rotatable bonds is 5. The first-order chi connectivity index (χ1) is 13.6. The van der Waals surface area contributed by atoms with Gasteiger partial charge in [-0.25, -0.2) is 0 Å². The molecule has 6 nitrogen and oxygen atoms in total. The summed E-state index contributed by atoms with van der Waals surface area (Å²) in [7, 11) is 0. The van der Waals surface area contributed by atoms with Crippen molar-refractivity contribution in [3.63, 3.8) is 0 Å². The second kappa shape index (κ2) is 10.1. The van der Waals surface area contributed by atoms with E-state index in [2.05, 4.69) is 50.2 Å². The first kappa shape index (κ1) is 20.1. The van der Waals surface area contributed by atoms with Crippen molar-refractivity contribution in [3.05, 3.63) is 60.2 Å². The van der Waals surface area contributed by atoms with E-state index in [1.165, 1.54) is 5.69 Å². The molecule has 0 radical (unpaired) electrons. The summed E-state index contributed by atoms with van der Waals surface area (Å²) < 4.78 is 0. The van der Waals surface area contributed by atoms with E-state index in [9.17, 15) is 4.79 Å². The number of benzene rings is 2. The van der Waals surface area contributed by atoms with Crippen LogP contribution in [0.15, 0.2) is 54.6 Å². The number of carbonyl (C=O) groups excluding carboxylic acids is 1. The number of nitrogens with one attached hydrogen (secondary N) is 3. The molecule has 0 saturated carbocycles. The van der Waals surface area contributed by atoms with Crippen molar-refractivity contribution in [2.24, 2.45) is 0 Å². The smallest absolute Gasteiger partial charge is 0.239 e. The molecule has 0 spiro atoms. The molecule has 28 heavy (non-hydrogen) atoms. The van der Waals surface area contributed by atoms with Crippen LogP contribution in [0.2, 0.25) is 0 Å². The van der Waals surface area contributed by atoms with Gasteiger partial charge < -0.3 is 10.2 Å². The van der Waals surface area contributed by atoms with Gasteiger partial charge in [0.05, 0.1) is 0 Å². The molecule has 1 saturated heterocycles. The molecule has 0 aliphatic carbocycles. The monoisotopic (exact) mass is 397 g/mol. The van der Waals surface area contributed by atoms with E-state index in [1.807, 2.05) is 37.3 Å². The minimum atomic E-state index is -0.0700. The lowest BCUT2D eigenvalue weighted by Gasteiger charge is -2.36. The molecule has 1 aliphatic rings. The highest BCUT2D eigenvalue weighted by Crippen LogP contribution is 2.15. The van der Waals surface area contributed by atoms with Gasteiger partial charge >= 0.3 is 0 Å². The summed E-state index contributed by atoms with van der Waals surface area (Å²) in [5.74, 6) is -0.0700. The molecule has 2 aromatic carbocycles. The van der Waals surface area contributed by atoms with Gasteiger partial charge in [0.25, 0.3) is 0 Å². The van der Waals surface area contributed by atoms with Crippen molar-refractivity contribution in [2.45, 2.75) is 13.3 Å². The number of piperazine rings is 1. The molecule has 3 N–H and O–H groups in total. The van der Waals surface area contributed by atoms with E-state index in [4.69, 9.17) is 12.2 Å². The fourth-order valence-corrected chi connectivity index (χ4v) is 3.34. The Morgan fingerprint density at radius 2 is 1.64 bits per heavy atom. The Morgan fingerprint density at radius 3 is 2.36 bits per heavy atom. The van der Waals surface area contributed by atoms with Crippen molar-refractivity contribution >= 4 is 34.6 Å². The van der Waals surface area contributed by atoms with Crippen molar-refractivity contribution in [2.75, 3.05) is 42.9 Å². The van der Waals surface area contributed by atoms with Gasteiger partial charge in [-0.05, 0) is 42.9 Å². The normalized spacial score (nSPS) is 14.4. The van der Waals surface area contributed by atoms with Crippen molar-refractivity contribution in [3.8, 4) is 0 Å². The van der Waals surface area contributed by atoms with Crippen LogP contribution in [0.3, 0.4) is 0 Å². The van der Waals surface area contributed by atoms with Crippen LogP contribution in [0, 0.1) is 6.92 Å². The maximum absolute atomic E-state index is 12.1. The predicted octanol–water partition coefficient (Wildman–Crippen LogP) is 2.52. The summed E-state index contributed by atoms with van der Waals surface area (Å²) in [5, 5.41) is 3.46. The number of amides is 1. The molecule has 3 rings (SSSR count). The Balaban J connectivity index is 1.33. The van der Waals surface area contributed by atoms with Gasteiger partial charge in [0.2, 0.25) is 5.91 Å². The van der Waals surface area contributed by atoms with Gasteiger partial charge in [0, 0.05) is 50.5 Å². The van der Waals surface area contributed by atoms with Gasteiger partial charge in [-0.15, -0.1) is 0 Å². The summed E-state index contributed by atoms with van der Waals surface area (Å²) in [6.07, 6.45) is 0.436. The number of carbonyl (C=O) groups is 1. The zero-order chi connectivity index (χ0) is 19.8. The first-order valence-corrected chi connectivity index (χ1v) is 9.96. The van der Waals surface area contributed by atoms with Crippen LogP contribution in [0.5, 0.6) is 0 Å². The lowest BCUT2D eigenvalue weighted by Crippen LogP contribution is -2.48. The minimum absolute atomic E-state index is 0.0700.